The molecule has 0 aromatic carbocycles. The number of aromatic nitrogens is 1. The van der Waals surface area contributed by atoms with Crippen molar-refractivity contribution in [2.75, 3.05) is 18.0 Å². The summed E-state index contributed by atoms with van der Waals surface area (Å²) in [6, 6.07) is 3.38. The van der Waals surface area contributed by atoms with Crippen LogP contribution in [0.25, 0.3) is 0 Å². The van der Waals surface area contributed by atoms with Crippen LogP contribution in [0.15, 0.2) is 18.5 Å². The van der Waals surface area contributed by atoms with Crippen LogP contribution >= 0.6 is 0 Å². The van der Waals surface area contributed by atoms with Crippen molar-refractivity contribution >= 4 is 5.69 Å². The number of piperazine rings is 1. The number of rotatable bonds is 3. The Morgan fingerprint density at radius 1 is 1.44 bits per heavy atom. The molecule has 100 valence electrons. The molecule has 1 aliphatic heterocycles. The Kier molecular flexibility index (Phi) is 4.23. The number of hydrogen-bond donors (Lipinski definition) is 1. The molecule has 0 saturated carbocycles. The largest absolute Gasteiger partial charge is 0.365 e. The number of nitrogens with one attached hydrogen (secondary N) is 1. The first-order valence-corrected chi connectivity index (χ1v) is 6.98. The van der Waals surface area contributed by atoms with Gasteiger partial charge in [-0.2, -0.15) is 0 Å². The Morgan fingerprint density at radius 2 is 2.22 bits per heavy atom. The molecule has 2 unspecified atom stereocenters. The zero-order chi connectivity index (χ0) is 13.1. The second-order valence-electron chi connectivity index (χ2n) is 5.96. The van der Waals surface area contributed by atoms with E-state index < -0.39 is 0 Å². The maximum Gasteiger partial charge on any atom is 0.0558 e. The first-order chi connectivity index (χ1) is 8.56. The molecule has 2 heterocycles. The molecule has 1 fully saturated rings. The van der Waals surface area contributed by atoms with E-state index >= 15 is 0 Å². The SMILES string of the molecule is Cc1cncc(N2CC(CC(C)C)NCC2C)c1. The van der Waals surface area contributed by atoms with E-state index in [4.69, 9.17) is 0 Å². The molecular weight excluding hydrogens is 222 g/mol. The van der Waals surface area contributed by atoms with Crippen molar-refractivity contribution in [2.45, 2.75) is 46.2 Å². The first kappa shape index (κ1) is 13.3. The van der Waals surface area contributed by atoms with Crippen molar-refractivity contribution in [3.63, 3.8) is 0 Å². The van der Waals surface area contributed by atoms with Crippen molar-refractivity contribution in [1.82, 2.24) is 10.3 Å². The van der Waals surface area contributed by atoms with Crippen LogP contribution in [0.3, 0.4) is 0 Å². The summed E-state index contributed by atoms with van der Waals surface area (Å²) in [6.07, 6.45) is 5.14. The molecule has 3 heteroatoms. The molecule has 0 radical (unpaired) electrons. The molecule has 1 aromatic rings. The van der Waals surface area contributed by atoms with Gasteiger partial charge in [-0.3, -0.25) is 4.98 Å². The van der Waals surface area contributed by atoms with E-state index in [1.165, 1.54) is 17.7 Å². The number of anilines is 1. The molecule has 0 amide bonds. The summed E-state index contributed by atoms with van der Waals surface area (Å²) in [4.78, 5) is 6.81. The summed E-state index contributed by atoms with van der Waals surface area (Å²) >= 11 is 0. The molecule has 2 rings (SSSR count). The third-order valence-corrected chi connectivity index (χ3v) is 3.60. The monoisotopic (exact) mass is 247 g/mol. The predicted molar refractivity (Wildman–Crippen MR) is 77.0 cm³/mol. The van der Waals surface area contributed by atoms with Gasteiger partial charge in [0.25, 0.3) is 0 Å². The van der Waals surface area contributed by atoms with Crippen molar-refractivity contribution < 1.29 is 0 Å². The predicted octanol–water partition coefficient (Wildman–Crippen LogP) is 2.60. The fraction of sp³-hybridized carbons (Fsp3) is 0.667. The van der Waals surface area contributed by atoms with E-state index in [9.17, 15) is 0 Å². The molecule has 1 saturated heterocycles. The highest BCUT2D eigenvalue weighted by atomic mass is 15.2. The van der Waals surface area contributed by atoms with Crippen molar-refractivity contribution in [1.29, 1.82) is 0 Å². The third-order valence-electron chi connectivity index (χ3n) is 3.60. The van der Waals surface area contributed by atoms with E-state index in [1.54, 1.807) is 0 Å². The lowest BCUT2D eigenvalue weighted by Crippen LogP contribution is -2.56. The van der Waals surface area contributed by atoms with Crippen LogP contribution in [0.4, 0.5) is 5.69 Å². The Morgan fingerprint density at radius 3 is 2.89 bits per heavy atom. The lowest BCUT2D eigenvalue weighted by molar-refractivity contribution is 0.356. The minimum Gasteiger partial charge on any atom is -0.365 e. The van der Waals surface area contributed by atoms with E-state index in [0.717, 1.165) is 19.0 Å². The van der Waals surface area contributed by atoms with Crippen LogP contribution in [0.1, 0.15) is 32.8 Å². The highest BCUT2D eigenvalue weighted by Crippen LogP contribution is 2.21. The highest BCUT2D eigenvalue weighted by molar-refractivity contribution is 5.47. The molecule has 3 nitrogen and oxygen atoms in total. The van der Waals surface area contributed by atoms with E-state index in [-0.39, 0.29) is 0 Å². The normalized spacial score (nSPS) is 24.6. The van der Waals surface area contributed by atoms with Gasteiger partial charge in [0.15, 0.2) is 0 Å². The fourth-order valence-electron chi connectivity index (χ4n) is 2.71. The fourth-order valence-corrected chi connectivity index (χ4v) is 2.71. The van der Waals surface area contributed by atoms with E-state index in [0.29, 0.717) is 12.1 Å². The van der Waals surface area contributed by atoms with Crippen molar-refractivity contribution in [3.8, 4) is 0 Å². The van der Waals surface area contributed by atoms with Gasteiger partial charge in [0.1, 0.15) is 0 Å². The lowest BCUT2D eigenvalue weighted by Gasteiger charge is -2.41. The van der Waals surface area contributed by atoms with Crippen LogP contribution in [0, 0.1) is 12.8 Å². The second kappa shape index (κ2) is 5.70. The highest BCUT2D eigenvalue weighted by Gasteiger charge is 2.25. The summed E-state index contributed by atoms with van der Waals surface area (Å²) in [5.41, 5.74) is 2.50. The molecule has 1 aliphatic rings. The standard InChI is InChI=1S/C15H25N3/c1-11(2)5-14-10-18(13(4)8-17-14)15-6-12(3)7-16-9-15/h6-7,9,11,13-14,17H,5,8,10H2,1-4H3. The number of hydrogen-bond acceptors (Lipinski definition) is 3. The summed E-state index contributed by atoms with van der Waals surface area (Å²) in [6.45, 7) is 11.1. The van der Waals surface area contributed by atoms with Crippen molar-refractivity contribution in [2.24, 2.45) is 5.92 Å². The minimum atomic E-state index is 0.539. The second-order valence-corrected chi connectivity index (χ2v) is 5.96. The molecular formula is C15H25N3. The topological polar surface area (TPSA) is 28.2 Å². The lowest BCUT2D eigenvalue weighted by atomic mass is 10.00. The van der Waals surface area contributed by atoms with Gasteiger partial charge in [0.05, 0.1) is 11.9 Å². The minimum absolute atomic E-state index is 0.539. The van der Waals surface area contributed by atoms with Crippen LogP contribution in [-0.2, 0) is 0 Å². The summed E-state index contributed by atoms with van der Waals surface area (Å²) in [5, 5.41) is 3.65. The van der Waals surface area contributed by atoms with Gasteiger partial charge in [-0.1, -0.05) is 13.8 Å². The molecule has 0 spiro atoms. The Bertz CT molecular complexity index is 389. The molecule has 0 aliphatic carbocycles. The van der Waals surface area contributed by atoms with Gasteiger partial charge in [-0.25, -0.2) is 0 Å². The van der Waals surface area contributed by atoms with Crippen LogP contribution < -0.4 is 10.2 Å². The van der Waals surface area contributed by atoms with Gasteiger partial charge in [0.2, 0.25) is 0 Å². The van der Waals surface area contributed by atoms with Crippen LogP contribution in [-0.4, -0.2) is 30.2 Å². The van der Waals surface area contributed by atoms with Crippen LogP contribution in [0.2, 0.25) is 0 Å². The summed E-state index contributed by atoms with van der Waals surface area (Å²) in [5.74, 6) is 0.744. The van der Waals surface area contributed by atoms with Crippen molar-refractivity contribution in [3.05, 3.63) is 24.0 Å². The average Bonchev–Trinajstić information content (AvgIpc) is 2.31. The van der Waals surface area contributed by atoms with Gasteiger partial charge in [-0.15, -0.1) is 0 Å². The van der Waals surface area contributed by atoms with Gasteiger partial charge in [0, 0.05) is 31.4 Å². The molecule has 0 bridgehead atoms. The number of pyridine rings is 1. The number of aryl methyl sites for hydroxylation is 1. The molecule has 2 atom stereocenters. The Balaban J connectivity index is 2.10. The maximum atomic E-state index is 4.32. The number of nitrogens with zero attached hydrogens (tertiary/aromatic N) is 2. The van der Waals surface area contributed by atoms with Crippen LogP contribution in [0.5, 0.6) is 0 Å². The smallest absolute Gasteiger partial charge is 0.0558 e. The zero-order valence-electron chi connectivity index (χ0n) is 12.0. The van der Waals surface area contributed by atoms with E-state index in [2.05, 4.69) is 49.0 Å². The Hall–Kier alpha value is -1.09. The Labute approximate surface area is 111 Å². The van der Waals surface area contributed by atoms with Gasteiger partial charge < -0.3 is 10.2 Å². The molecule has 1 N–H and O–H groups in total. The summed E-state index contributed by atoms with van der Waals surface area (Å²) in [7, 11) is 0. The van der Waals surface area contributed by atoms with Gasteiger partial charge >= 0.3 is 0 Å². The average molecular weight is 247 g/mol. The molecule has 18 heavy (non-hydrogen) atoms. The molecule has 1 aromatic heterocycles. The zero-order valence-corrected chi connectivity index (χ0v) is 12.0. The summed E-state index contributed by atoms with van der Waals surface area (Å²) < 4.78 is 0. The van der Waals surface area contributed by atoms with E-state index in [1.807, 2.05) is 12.4 Å². The third kappa shape index (κ3) is 3.22. The quantitative estimate of drug-likeness (QED) is 0.890. The van der Waals surface area contributed by atoms with Gasteiger partial charge in [-0.05, 0) is 37.8 Å². The maximum absolute atomic E-state index is 4.32. The first-order valence-electron chi connectivity index (χ1n) is 6.98.